The van der Waals surface area contributed by atoms with E-state index < -0.39 is 35.5 Å². The van der Waals surface area contributed by atoms with Crippen molar-refractivity contribution in [3.63, 3.8) is 0 Å². The standard InChI is InChI=1S/C27H32N2O5S/c1-5-22-29(21(15-35-22)25(31)32)24(30)23(27(2,3)4)28-26(33)34-14-20-18-12-8-6-10-16(18)17-11-7-9-13-19(17)20/h6-13,20-23H,5,14-15H2,1-4H3,(H,28,33)(H,31,32). The zero-order chi connectivity index (χ0) is 25.3. The lowest BCUT2D eigenvalue weighted by atomic mass is 9.85. The molecule has 0 bridgehead atoms. The van der Waals surface area contributed by atoms with E-state index in [-0.39, 0.29) is 17.9 Å². The van der Waals surface area contributed by atoms with Crippen molar-refractivity contribution in [2.75, 3.05) is 12.4 Å². The molecule has 2 aromatic rings. The first-order valence-electron chi connectivity index (χ1n) is 11.9. The summed E-state index contributed by atoms with van der Waals surface area (Å²) in [4.78, 5) is 39.7. The van der Waals surface area contributed by atoms with E-state index in [9.17, 15) is 19.5 Å². The van der Waals surface area contributed by atoms with Gasteiger partial charge in [0.15, 0.2) is 0 Å². The topological polar surface area (TPSA) is 95.9 Å². The first-order chi connectivity index (χ1) is 16.6. The average Bonchev–Trinajstić information content (AvgIpc) is 3.40. The van der Waals surface area contributed by atoms with Crippen molar-refractivity contribution in [2.45, 2.75) is 57.5 Å². The summed E-state index contributed by atoms with van der Waals surface area (Å²) in [6.45, 7) is 7.60. The highest BCUT2D eigenvalue weighted by Gasteiger charge is 2.46. The summed E-state index contributed by atoms with van der Waals surface area (Å²) in [6.07, 6.45) is -0.0611. The number of thioether (sulfide) groups is 1. The number of carboxylic acid groups (broad SMARTS) is 1. The number of nitrogens with zero attached hydrogens (tertiary/aromatic N) is 1. The Morgan fingerprint density at radius 3 is 2.17 bits per heavy atom. The number of ether oxygens (including phenoxy) is 1. The van der Waals surface area contributed by atoms with E-state index in [0.717, 1.165) is 22.3 Å². The lowest BCUT2D eigenvalue weighted by molar-refractivity contribution is -0.151. The van der Waals surface area contributed by atoms with Gasteiger partial charge in [0, 0.05) is 11.7 Å². The first-order valence-corrected chi connectivity index (χ1v) is 13.0. The van der Waals surface area contributed by atoms with Gasteiger partial charge >= 0.3 is 12.1 Å². The van der Waals surface area contributed by atoms with Crippen LogP contribution in [-0.2, 0) is 14.3 Å². The Balaban J connectivity index is 1.50. The number of benzene rings is 2. The van der Waals surface area contributed by atoms with Gasteiger partial charge in [0.25, 0.3) is 0 Å². The molecule has 3 atom stereocenters. The van der Waals surface area contributed by atoms with Gasteiger partial charge in [-0.05, 0) is 34.1 Å². The van der Waals surface area contributed by atoms with Crippen LogP contribution in [0.15, 0.2) is 48.5 Å². The van der Waals surface area contributed by atoms with Gasteiger partial charge in [0.2, 0.25) is 5.91 Å². The van der Waals surface area contributed by atoms with Crippen LogP contribution >= 0.6 is 11.8 Å². The highest BCUT2D eigenvalue weighted by Crippen LogP contribution is 2.44. The molecular formula is C27H32N2O5S. The Labute approximate surface area is 210 Å². The molecule has 1 aliphatic heterocycles. The molecule has 0 aromatic heterocycles. The van der Waals surface area contributed by atoms with E-state index in [1.54, 1.807) is 0 Å². The molecule has 186 valence electrons. The maximum atomic E-state index is 13.6. The molecule has 7 nitrogen and oxygen atoms in total. The number of carboxylic acids is 1. The van der Waals surface area contributed by atoms with Crippen LogP contribution in [0.3, 0.4) is 0 Å². The molecule has 2 N–H and O–H groups in total. The van der Waals surface area contributed by atoms with E-state index in [1.165, 1.54) is 16.7 Å². The minimum absolute atomic E-state index is 0.0900. The van der Waals surface area contributed by atoms with Crippen molar-refractivity contribution in [2.24, 2.45) is 5.41 Å². The zero-order valence-electron chi connectivity index (χ0n) is 20.5. The van der Waals surface area contributed by atoms with Crippen molar-refractivity contribution >= 4 is 29.7 Å². The summed E-state index contributed by atoms with van der Waals surface area (Å²) in [6, 6.07) is 14.3. The maximum Gasteiger partial charge on any atom is 0.407 e. The molecule has 2 amide bonds. The zero-order valence-corrected chi connectivity index (χ0v) is 21.3. The first kappa shape index (κ1) is 25.1. The Morgan fingerprint density at radius 1 is 1.09 bits per heavy atom. The number of amides is 2. The molecule has 35 heavy (non-hydrogen) atoms. The van der Waals surface area contributed by atoms with Crippen molar-refractivity contribution < 1.29 is 24.2 Å². The Kier molecular flexibility index (Phi) is 7.12. The number of carbonyl (C=O) groups is 3. The molecule has 1 fully saturated rings. The molecule has 3 unspecified atom stereocenters. The molecule has 0 spiro atoms. The van der Waals surface area contributed by atoms with Crippen molar-refractivity contribution in [3.8, 4) is 11.1 Å². The van der Waals surface area contributed by atoms with Gasteiger partial charge in [0.1, 0.15) is 18.7 Å². The third-order valence-corrected chi connectivity index (χ3v) is 8.15. The normalized spacial score (nSPS) is 20.2. The second kappa shape index (κ2) is 9.93. The van der Waals surface area contributed by atoms with Gasteiger partial charge in [-0.15, -0.1) is 11.8 Å². The van der Waals surface area contributed by atoms with E-state index >= 15 is 0 Å². The van der Waals surface area contributed by atoms with Gasteiger partial charge in [-0.2, -0.15) is 0 Å². The van der Waals surface area contributed by atoms with Crippen LogP contribution in [0, 0.1) is 5.41 Å². The molecule has 2 aromatic carbocycles. The predicted octanol–water partition coefficient (Wildman–Crippen LogP) is 4.70. The van der Waals surface area contributed by atoms with Gasteiger partial charge in [-0.25, -0.2) is 9.59 Å². The fourth-order valence-corrected chi connectivity index (χ4v) is 6.27. The lowest BCUT2D eigenvalue weighted by Crippen LogP contribution is -2.58. The number of aliphatic carboxylic acids is 1. The van der Waals surface area contributed by atoms with Gasteiger partial charge in [0.05, 0.1) is 5.37 Å². The summed E-state index contributed by atoms with van der Waals surface area (Å²) < 4.78 is 5.66. The highest BCUT2D eigenvalue weighted by atomic mass is 32.2. The minimum Gasteiger partial charge on any atom is -0.480 e. The highest BCUT2D eigenvalue weighted by molar-refractivity contribution is 8.00. The molecule has 1 saturated heterocycles. The Bertz CT molecular complexity index is 1080. The number of hydrogen-bond acceptors (Lipinski definition) is 5. The largest absolute Gasteiger partial charge is 0.480 e. The van der Waals surface area contributed by atoms with Crippen LogP contribution in [0.25, 0.3) is 11.1 Å². The monoisotopic (exact) mass is 496 g/mol. The fourth-order valence-electron chi connectivity index (χ4n) is 4.92. The second-order valence-corrected chi connectivity index (χ2v) is 11.3. The Morgan fingerprint density at radius 2 is 1.66 bits per heavy atom. The second-order valence-electron chi connectivity index (χ2n) is 10.1. The number of fused-ring (bicyclic) bond motifs is 3. The SMILES string of the molecule is CCC1SCC(C(=O)O)N1C(=O)C(NC(=O)OCC1c2ccccc2-c2ccccc21)C(C)(C)C. The van der Waals surface area contributed by atoms with Gasteiger partial charge in [-0.3, -0.25) is 4.79 Å². The number of carbonyl (C=O) groups excluding carboxylic acids is 2. The number of rotatable bonds is 6. The number of nitrogens with one attached hydrogen (secondary N) is 1. The van der Waals surface area contributed by atoms with E-state index in [0.29, 0.717) is 12.2 Å². The Hall–Kier alpha value is -3.00. The van der Waals surface area contributed by atoms with Crippen LogP contribution in [0.4, 0.5) is 4.79 Å². The van der Waals surface area contributed by atoms with E-state index in [4.69, 9.17) is 4.74 Å². The van der Waals surface area contributed by atoms with Gasteiger partial charge < -0.3 is 20.1 Å². The summed E-state index contributed by atoms with van der Waals surface area (Å²) in [5, 5.41) is 12.2. The smallest absolute Gasteiger partial charge is 0.407 e. The van der Waals surface area contributed by atoms with Crippen LogP contribution in [0.1, 0.15) is 51.2 Å². The predicted molar refractivity (Wildman–Crippen MR) is 136 cm³/mol. The van der Waals surface area contributed by atoms with Crippen LogP contribution in [-0.4, -0.2) is 57.8 Å². The number of alkyl carbamates (subject to hydrolysis) is 1. The molecule has 2 aliphatic rings. The van der Waals surface area contributed by atoms with Crippen LogP contribution in [0.2, 0.25) is 0 Å². The molecule has 4 rings (SSSR count). The van der Waals surface area contributed by atoms with E-state index in [1.807, 2.05) is 64.1 Å². The van der Waals surface area contributed by atoms with Gasteiger partial charge in [-0.1, -0.05) is 76.2 Å². The van der Waals surface area contributed by atoms with Crippen molar-refractivity contribution in [1.29, 1.82) is 0 Å². The summed E-state index contributed by atoms with van der Waals surface area (Å²) in [7, 11) is 0. The molecule has 1 aliphatic carbocycles. The quantitative estimate of drug-likeness (QED) is 0.602. The molecular weight excluding hydrogens is 464 g/mol. The fraction of sp³-hybridized carbons (Fsp3) is 0.444. The minimum atomic E-state index is -1.03. The number of hydrogen-bond donors (Lipinski definition) is 2. The molecule has 0 saturated carbocycles. The maximum absolute atomic E-state index is 13.6. The molecule has 1 heterocycles. The third kappa shape index (κ3) is 4.89. The summed E-state index contributed by atoms with van der Waals surface area (Å²) in [5.41, 5.74) is 3.84. The third-order valence-electron chi connectivity index (χ3n) is 6.70. The average molecular weight is 497 g/mol. The lowest BCUT2D eigenvalue weighted by Gasteiger charge is -2.36. The van der Waals surface area contributed by atoms with E-state index in [2.05, 4.69) is 17.4 Å². The summed E-state index contributed by atoms with van der Waals surface area (Å²) >= 11 is 1.46. The summed E-state index contributed by atoms with van der Waals surface area (Å²) in [5.74, 6) is -1.18. The van der Waals surface area contributed by atoms with Crippen LogP contribution < -0.4 is 5.32 Å². The van der Waals surface area contributed by atoms with Crippen molar-refractivity contribution in [3.05, 3.63) is 59.7 Å². The van der Waals surface area contributed by atoms with Crippen molar-refractivity contribution in [1.82, 2.24) is 10.2 Å². The molecule has 0 radical (unpaired) electrons. The van der Waals surface area contributed by atoms with Crippen LogP contribution in [0.5, 0.6) is 0 Å². The molecule has 8 heteroatoms.